The molecule has 1 fully saturated rings. The Labute approximate surface area is 95.4 Å². The van der Waals surface area contributed by atoms with Gasteiger partial charge in [0.2, 0.25) is 0 Å². The van der Waals surface area contributed by atoms with Gasteiger partial charge >= 0.3 is 0 Å². The molecule has 0 atom stereocenters. The number of rotatable bonds is 2. The Bertz CT molecular complexity index is 313. The van der Waals surface area contributed by atoms with E-state index in [1.807, 2.05) is 0 Å². The third-order valence-electron chi connectivity index (χ3n) is 3.15. The van der Waals surface area contributed by atoms with Crippen molar-refractivity contribution < 1.29 is 5.11 Å². The normalized spacial score (nSPS) is 27.2. The smallest absolute Gasteiger partial charge is 0.0953 e. The lowest BCUT2D eigenvalue weighted by Gasteiger charge is -2.23. The van der Waals surface area contributed by atoms with Gasteiger partial charge in [0.25, 0.3) is 0 Å². The maximum atomic E-state index is 9.45. The van der Waals surface area contributed by atoms with E-state index in [1.165, 1.54) is 10.7 Å². The number of hydrogen-bond donors (Lipinski definition) is 1. The van der Waals surface area contributed by atoms with E-state index >= 15 is 0 Å². The average Bonchev–Trinajstić information content (AvgIpc) is 2.68. The minimum atomic E-state index is -0.0653. The molecule has 3 heteroatoms. The summed E-state index contributed by atoms with van der Waals surface area (Å²) >= 11 is 1.78. The van der Waals surface area contributed by atoms with Crippen molar-refractivity contribution in [3.8, 4) is 0 Å². The molecular formula is C12H19NOS. The number of aliphatic hydroxyl groups excluding tert-OH is 1. The first kappa shape index (κ1) is 11.1. The number of hydrogen-bond acceptors (Lipinski definition) is 3. The zero-order valence-electron chi connectivity index (χ0n) is 9.44. The van der Waals surface area contributed by atoms with Crippen molar-refractivity contribution in [2.24, 2.45) is 0 Å². The van der Waals surface area contributed by atoms with Gasteiger partial charge in [-0.3, -0.25) is 0 Å². The molecule has 0 bridgehead atoms. The topological polar surface area (TPSA) is 33.1 Å². The van der Waals surface area contributed by atoms with Crippen LogP contribution in [-0.2, 0) is 0 Å². The summed E-state index contributed by atoms with van der Waals surface area (Å²) in [6.07, 6.45) is 4.02. The Morgan fingerprint density at radius 3 is 2.53 bits per heavy atom. The third kappa shape index (κ3) is 2.58. The van der Waals surface area contributed by atoms with E-state index in [1.54, 1.807) is 11.3 Å². The summed E-state index contributed by atoms with van der Waals surface area (Å²) in [7, 11) is 0. The minimum Gasteiger partial charge on any atom is -0.393 e. The van der Waals surface area contributed by atoms with Crippen molar-refractivity contribution >= 4 is 11.3 Å². The van der Waals surface area contributed by atoms with Crippen LogP contribution in [0.5, 0.6) is 0 Å². The molecule has 1 heterocycles. The number of aromatic nitrogens is 1. The predicted molar refractivity (Wildman–Crippen MR) is 63.4 cm³/mol. The molecule has 1 aromatic heterocycles. The molecule has 0 spiro atoms. The lowest BCUT2D eigenvalue weighted by Crippen LogP contribution is -2.17. The van der Waals surface area contributed by atoms with Crippen LogP contribution < -0.4 is 0 Å². The Kier molecular flexibility index (Phi) is 3.42. The van der Waals surface area contributed by atoms with Crippen LogP contribution in [-0.4, -0.2) is 16.2 Å². The van der Waals surface area contributed by atoms with Gasteiger partial charge in [-0.15, -0.1) is 11.3 Å². The summed E-state index contributed by atoms with van der Waals surface area (Å²) in [5, 5.41) is 12.9. The first-order valence-electron chi connectivity index (χ1n) is 5.80. The monoisotopic (exact) mass is 225 g/mol. The summed E-state index contributed by atoms with van der Waals surface area (Å²) < 4.78 is 0. The highest BCUT2D eigenvalue weighted by molar-refractivity contribution is 7.09. The standard InChI is InChI=1S/C12H19NOS/c1-8(2)12-13-11(7-15-12)9-3-5-10(14)6-4-9/h7-10,14H,3-6H2,1-2H3. The number of nitrogens with zero attached hydrogens (tertiary/aromatic N) is 1. The predicted octanol–water partition coefficient (Wildman–Crippen LogP) is 3.29. The molecule has 1 aliphatic carbocycles. The average molecular weight is 225 g/mol. The van der Waals surface area contributed by atoms with Crippen molar-refractivity contribution in [1.29, 1.82) is 0 Å². The van der Waals surface area contributed by atoms with Crippen molar-refractivity contribution in [2.45, 2.75) is 57.5 Å². The van der Waals surface area contributed by atoms with E-state index in [-0.39, 0.29) is 6.10 Å². The van der Waals surface area contributed by atoms with Crippen LogP contribution in [0.15, 0.2) is 5.38 Å². The van der Waals surface area contributed by atoms with Crippen LogP contribution in [0, 0.1) is 0 Å². The van der Waals surface area contributed by atoms with Crippen LogP contribution in [0.2, 0.25) is 0 Å². The fourth-order valence-electron chi connectivity index (χ4n) is 2.12. The first-order valence-corrected chi connectivity index (χ1v) is 6.68. The number of thiazole rings is 1. The Morgan fingerprint density at radius 1 is 1.33 bits per heavy atom. The second-order valence-electron chi connectivity index (χ2n) is 4.77. The fourth-order valence-corrected chi connectivity index (χ4v) is 3.04. The van der Waals surface area contributed by atoms with Crippen LogP contribution in [0.1, 0.15) is 62.1 Å². The van der Waals surface area contributed by atoms with E-state index in [4.69, 9.17) is 4.98 Å². The minimum absolute atomic E-state index is 0.0653. The molecule has 0 aliphatic heterocycles. The number of aliphatic hydroxyl groups is 1. The van der Waals surface area contributed by atoms with Gasteiger partial charge in [0, 0.05) is 17.2 Å². The van der Waals surface area contributed by atoms with Gasteiger partial charge in [-0.25, -0.2) is 4.98 Å². The molecule has 1 aromatic rings. The molecule has 1 N–H and O–H groups in total. The Balaban J connectivity index is 2.03. The molecule has 84 valence electrons. The molecule has 15 heavy (non-hydrogen) atoms. The largest absolute Gasteiger partial charge is 0.393 e. The van der Waals surface area contributed by atoms with Crippen molar-refractivity contribution in [2.75, 3.05) is 0 Å². The molecule has 0 amide bonds. The Hall–Kier alpha value is -0.410. The molecular weight excluding hydrogens is 206 g/mol. The highest BCUT2D eigenvalue weighted by Gasteiger charge is 2.22. The second-order valence-corrected chi connectivity index (χ2v) is 5.66. The van der Waals surface area contributed by atoms with Gasteiger partial charge < -0.3 is 5.11 Å². The van der Waals surface area contributed by atoms with Crippen LogP contribution in [0.4, 0.5) is 0 Å². The highest BCUT2D eigenvalue weighted by atomic mass is 32.1. The van der Waals surface area contributed by atoms with Gasteiger partial charge in [0.05, 0.1) is 16.8 Å². The SMILES string of the molecule is CC(C)c1nc(C2CCC(O)CC2)cs1. The maximum Gasteiger partial charge on any atom is 0.0953 e. The van der Waals surface area contributed by atoms with E-state index in [0.29, 0.717) is 11.8 Å². The van der Waals surface area contributed by atoms with Gasteiger partial charge in [0.1, 0.15) is 0 Å². The van der Waals surface area contributed by atoms with Crippen molar-refractivity contribution in [1.82, 2.24) is 4.98 Å². The van der Waals surface area contributed by atoms with Gasteiger partial charge in [-0.2, -0.15) is 0 Å². The summed E-state index contributed by atoms with van der Waals surface area (Å²) in [6.45, 7) is 4.38. The van der Waals surface area contributed by atoms with Crippen molar-refractivity contribution in [3.05, 3.63) is 16.1 Å². The third-order valence-corrected chi connectivity index (χ3v) is 4.31. The second kappa shape index (κ2) is 4.62. The lowest BCUT2D eigenvalue weighted by atomic mass is 9.86. The van der Waals surface area contributed by atoms with E-state index in [2.05, 4.69) is 19.2 Å². The molecule has 0 radical (unpaired) electrons. The quantitative estimate of drug-likeness (QED) is 0.838. The summed E-state index contributed by atoms with van der Waals surface area (Å²) in [5.74, 6) is 1.13. The van der Waals surface area contributed by atoms with Crippen molar-refractivity contribution in [3.63, 3.8) is 0 Å². The lowest BCUT2D eigenvalue weighted by molar-refractivity contribution is 0.122. The Morgan fingerprint density at radius 2 is 2.00 bits per heavy atom. The summed E-state index contributed by atoms with van der Waals surface area (Å²) in [6, 6.07) is 0. The van der Waals surface area contributed by atoms with Gasteiger partial charge in [0.15, 0.2) is 0 Å². The molecule has 0 aromatic carbocycles. The molecule has 2 nitrogen and oxygen atoms in total. The molecule has 0 saturated heterocycles. The zero-order chi connectivity index (χ0) is 10.8. The maximum absolute atomic E-state index is 9.45. The summed E-state index contributed by atoms with van der Waals surface area (Å²) in [5.41, 5.74) is 1.26. The highest BCUT2D eigenvalue weighted by Crippen LogP contribution is 2.34. The van der Waals surface area contributed by atoms with E-state index in [0.717, 1.165) is 25.7 Å². The van der Waals surface area contributed by atoms with E-state index in [9.17, 15) is 5.11 Å². The van der Waals surface area contributed by atoms with E-state index < -0.39 is 0 Å². The van der Waals surface area contributed by atoms with Crippen LogP contribution >= 0.6 is 11.3 Å². The first-order chi connectivity index (χ1) is 7.16. The molecule has 1 aliphatic rings. The molecule has 0 unspecified atom stereocenters. The van der Waals surface area contributed by atoms with Gasteiger partial charge in [-0.05, 0) is 25.7 Å². The molecule has 2 rings (SSSR count). The van der Waals surface area contributed by atoms with Crippen LogP contribution in [0.25, 0.3) is 0 Å². The van der Waals surface area contributed by atoms with Crippen LogP contribution in [0.3, 0.4) is 0 Å². The molecule has 1 saturated carbocycles. The zero-order valence-corrected chi connectivity index (χ0v) is 10.3. The summed E-state index contributed by atoms with van der Waals surface area (Å²) in [4.78, 5) is 4.70. The van der Waals surface area contributed by atoms with Gasteiger partial charge in [-0.1, -0.05) is 13.8 Å². The fraction of sp³-hybridized carbons (Fsp3) is 0.750.